The number of amides is 1. The van der Waals surface area contributed by atoms with Gasteiger partial charge in [0.2, 0.25) is 0 Å². The van der Waals surface area contributed by atoms with Gasteiger partial charge in [-0.25, -0.2) is 9.37 Å². The van der Waals surface area contributed by atoms with Crippen molar-refractivity contribution in [3.8, 4) is 6.07 Å². The number of nitriles is 1. The molecule has 0 saturated heterocycles. The van der Waals surface area contributed by atoms with Gasteiger partial charge in [0.15, 0.2) is 4.83 Å². The molecule has 8 heteroatoms. The monoisotopic (exact) mass is 328 g/mol. The van der Waals surface area contributed by atoms with Gasteiger partial charge >= 0.3 is 0 Å². The SMILES string of the molecule is N#Cc1cc2c(N)c(C(=O)Nc3ccccc3F)sc2[nH+]c1N. The Balaban J connectivity index is 2.03. The van der Waals surface area contributed by atoms with Crippen molar-refractivity contribution in [3.05, 3.63) is 46.6 Å². The molecule has 3 rings (SSSR count). The summed E-state index contributed by atoms with van der Waals surface area (Å²) in [5.41, 5.74) is 12.2. The molecule has 3 aromatic rings. The maximum atomic E-state index is 13.6. The molecule has 0 saturated carbocycles. The summed E-state index contributed by atoms with van der Waals surface area (Å²) in [6, 6.07) is 9.30. The quantitative estimate of drug-likeness (QED) is 0.667. The second kappa shape index (κ2) is 5.55. The predicted octanol–water partition coefficient (Wildman–Crippen LogP) is 2.14. The summed E-state index contributed by atoms with van der Waals surface area (Å²) >= 11 is 1.09. The fraction of sp³-hybridized carbons (Fsp3) is 0. The number of thiophene rings is 1. The molecule has 0 bridgehead atoms. The first-order valence-corrected chi connectivity index (χ1v) is 7.32. The highest BCUT2D eigenvalue weighted by Gasteiger charge is 2.21. The van der Waals surface area contributed by atoms with Crippen molar-refractivity contribution in [1.82, 2.24) is 0 Å². The highest BCUT2D eigenvalue weighted by atomic mass is 32.1. The highest BCUT2D eigenvalue weighted by molar-refractivity contribution is 7.20. The maximum Gasteiger partial charge on any atom is 0.289 e. The lowest BCUT2D eigenvalue weighted by molar-refractivity contribution is -0.323. The number of aromatic nitrogens is 1. The Morgan fingerprint density at radius 2 is 2.09 bits per heavy atom. The minimum absolute atomic E-state index is 0.0653. The molecule has 0 aliphatic carbocycles. The second-order valence-corrected chi connectivity index (χ2v) is 5.75. The smallest absolute Gasteiger partial charge is 0.289 e. The number of nitrogen functional groups attached to an aromatic ring is 2. The summed E-state index contributed by atoms with van der Waals surface area (Å²) < 4.78 is 13.6. The first kappa shape index (κ1) is 14.7. The highest BCUT2D eigenvalue weighted by Crippen LogP contribution is 2.33. The molecule has 1 amide bonds. The van der Waals surface area contributed by atoms with Gasteiger partial charge in [-0.1, -0.05) is 23.5 Å². The van der Waals surface area contributed by atoms with Crippen LogP contribution in [0.2, 0.25) is 0 Å². The van der Waals surface area contributed by atoms with Crippen molar-refractivity contribution in [2.45, 2.75) is 0 Å². The zero-order chi connectivity index (χ0) is 16.6. The Labute approximate surface area is 134 Å². The molecule has 0 radical (unpaired) electrons. The fourth-order valence-electron chi connectivity index (χ4n) is 2.11. The van der Waals surface area contributed by atoms with Gasteiger partial charge < -0.3 is 11.1 Å². The van der Waals surface area contributed by atoms with Crippen LogP contribution in [0.1, 0.15) is 15.2 Å². The topological polar surface area (TPSA) is 119 Å². The standard InChI is InChI=1S/C15H10FN5OS/c16-9-3-1-2-4-10(9)20-14(22)12-11(18)8-5-7(6-17)13(19)21-15(8)23-12/h1-5H,18H2,(H2,19,21)(H,20,22)/p+1. The van der Waals surface area contributed by atoms with Crippen LogP contribution in [0, 0.1) is 17.1 Å². The van der Waals surface area contributed by atoms with Crippen molar-refractivity contribution < 1.29 is 14.2 Å². The van der Waals surface area contributed by atoms with Crippen LogP contribution in [0.15, 0.2) is 30.3 Å². The number of para-hydroxylation sites is 1. The second-order valence-electron chi connectivity index (χ2n) is 4.73. The van der Waals surface area contributed by atoms with Gasteiger partial charge in [0, 0.05) is 0 Å². The first-order valence-electron chi connectivity index (χ1n) is 6.51. The summed E-state index contributed by atoms with van der Waals surface area (Å²) in [6.07, 6.45) is 0. The van der Waals surface area contributed by atoms with E-state index in [-0.39, 0.29) is 27.6 Å². The molecule has 23 heavy (non-hydrogen) atoms. The van der Waals surface area contributed by atoms with Crippen LogP contribution in [0.25, 0.3) is 10.2 Å². The number of carbonyl (C=O) groups excluding carboxylic acids is 1. The molecular weight excluding hydrogens is 317 g/mol. The Kier molecular flexibility index (Phi) is 3.56. The van der Waals surface area contributed by atoms with E-state index in [9.17, 15) is 9.18 Å². The van der Waals surface area contributed by atoms with Crippen molar-refractivity contribution in [2.24, 2.45) is 0 Å². The number of halogens is 1. The van der Waals surface area contributed by atoms with E-state index in [1.165, 1.54) is 24.3 Å². The van der Waals surface area contributed by atoms with Gasteiger partial charge in [-0.05, 0) is 18.2 Å². The number of nitrogens with two attached hydrogens (primary N) is 2. The average Bonchev–Trinajstić information content (AvgIpc) is 2.85. The number of aromatic amines is 1. The lowest BCUT2D eigenvalue weighted by atomic mass is 10.2. The first-order chi connectivity index (χ1) is 11.0. The van der Waals surface area contributed by atoms with E-state index >= 15 is 0 Å². The Bertz CT molecular complexity index is 976. The van der Waals surface area contributed by atoms with Crippen molar-refractivity contribution in [1.29, 1.82) is 5.26 Å². The van der Waals surface area contributed by atoms with Crippen molar-refractivity contribution in [2.75, 3.05) is 16.8 Å². The zero-order valence-electron chi connectivity index (χ0n) is 11.7. The van der Waals surface area contributed by atoms with Gasteiger partial charge in [-0.3, -0.25) is 10.5 Å². The molecule has 0 aliphatic heterocycles. The molecule has 2 aromatic heterocycles. The van der Waals surface area contributed by atoms with E-state index in [0.29, 0.717) is 10.2 Å². The largest absolute Gasteiger partial charge is 0.397 e. The third-order valence-corrected chi connectivity index (χ3v) is 4.39. The van der Waals surface area contributed by atoms with Crippen molar-refractivity contribution in [3.63, 3.8) is 0 Å². The summed E-state index contributed by atoms with van der Waals surface area (Å²) in [6.45, 7) is 0. The number of nitrogens with one attached hydrogen (secondary N) is 2. The van der Waals surface area contributed by atoms with Gasteiger partial charge in [0.05, 0.1) is 16.8 Å². The number of rotatable bonds is 2. The molecule has 0 unspecified atom stereocenters. The Hall–Kier alpha value is -3.18. The molecule has 0 atom stereocenters. The third-order valence-electron chi connectivity index (χ3n) is 3.26. The maximum absolute atomic E-state index is 13.6. The van der Waals surface area contributed by atoms with E-state index in [4.69, 9.17) is 16.7 Å². The van der Waals surface area contributed by atoms with Crippen LogP contribution >= 0.6 is 11.3 Å². The summed E-state index contributed by atoms with van der Waals surface area (Å²) in [5.74, 6) is -0.871. The molecular formula is C15H11FN5OS+. The van der Waals surface area contributed by atoms with Crippen LogP contribution in [0.4, 0.5) is 21.6 Å². The lowest BCUT2D eigenvalue weighted by Crippen LogP contribution is -2.12. The Morgan fingerprint density at radius 3 is 2.78 bits per heavy atom. The fourth-order valence-corrected chi connectivity index (χ4v) is 3.11. The van der Waals surface area contributed by atoms with Crippen LogP contribution < -0.4 is 21.8 Å². The minimum atomic E-state index is -0.539. The molecule has 114 valence electrons. The van der Waals surface area contributed by atoms with Gasteiger partial charge in [0.25, 0.3) is 11.7 Å². The molecule has 0 spiro atoms. The van der Waals surface area contributed by atoms with Gasteiger partial charge in [0.1, 0.15) is 22.3 Å². The summed E-state index contributed by atoms with van der Waals surface area (Å²) in [7, 11) is 0. The van der Waals surface area contributed by atoms with Gasteiger partial charge in [-0.2, -0.15) is 5.26 Å². The van der Waals surface area contributed by atoms with Crippen LogP contribution in [-0.4, -0.2) is 5.91 Å². The molecule has 1 aromatic carbocycles. The zero-order valence-corrected chi connectivity index (χ0v) is 12.5. The minimum Gasteiger partial charge on any atom is -0.397 e. The number of benzene rings is 1. The number of H-pyrrole nitrogens is 1. The van der Waals surface area contributed by atoms with E-state index < -0.39 is 11.7 Å². The molecule has 6 nitrogen and oxygen atoms in total. The van der Waals surface area contributed by atoms with E-state index in [0.717, 1.165) is 11.3 Å². The number of hydrogen-bond donors (Lipinski definition) is 3. The summed E-state index contributed by atoms with van der Waals surface area (Å²) in [4.78, 5) is 16.0. The molecule has 0 fully saturated rings. The van der Waals surface area contributed by atoms with Crippen molar-refractivity contribution >= 4 is 44.7 Å². The number of pyridine rings is 1. The number of anilines is 3. The normalized spacial score (nSPS) is 10.4. The average molecular weight is 328 g/mol. The van der Waals surface area contributed by atoms with Crippen LogP contribution in [0.3, 0.4) is 0 Å². The number of fused-ring (bicyclic) bond motifs is 1. The molecule has 6 N–H and O–H groups in total. The van der Waals surface area contributed by atoms with Crippen LogP contribution in [-0.2, 0) is 0 Å². The van der Waals surface area contributed by atoms with E-state index in [2.05, 4.69) is 10.3 Å². The molecule has 2 heterocycles. The number of hydrogen-bond acceptors (Lipinski definition) is 5. The summed E-state index contributed by atoms with van der Waals surface area (Å²) in [5, 5.41) is 12.0. The van der Waals surface area contributed by atoms with Crippen LogP contribution in [0.5, 0.6) is 0 Å². The predicted molar refractivity (Wildman–Crippen MR) is 86.3 cm³/mol. The van der Waals surface area contributed by atoms with E-state index in [1.54, 1.807) is 6.07 Å². The third kappa shape index (κ3) is 2.54. The lowest BCUT2D eigenvalue weighted by Gasteiger charge is -2.05. The Morgan fingerprint density at radius 1 is 1.35 bits per heavy atom. The molecule has 0 aliphatic rings. The number of nitrogens with zero attached hydrogens (tertiary/aromatic N) is 1. The number of carbonyl (C=O) groups is 1. The van der Waals surface area contributed by atoms with Gasteiger partial charge in [-0.15, -0.1) is 0 Å². The van der Waals surface area contributed by atoms with E-state index in [1.807, 2.05) is 6.07 Å².